The van der Waals surface area contributed by atoms with Gasteiger partial charge in [0.05, 0.1) is 80.2 Å². The molecule has 0 saturated heterocycles. The molecule has 0 radical (unpaired) electrons. The van der Waals surface area contributed by atoms with Gasteiger partial charge in [-0.05, 0) is 118 Å². The highest BCUT2D eigenvalue weighted by atomic mass is 32.2. The normalized spacial score (nSPS) is 20.2. The average molecular weight is 1530 g/mol. The number of anilines is 3. The van der Waals surface area contributed by atoms with Crippen LogP contribution in [-0.4, -0.2) is 178 Å². The lowest BCUT2D eigenvalue weighted by molar-refractivity contribution is -0.153. The van der Waals surface area contributed by atoms with Crippen molar-refractivity contribution in [2.45, 2.75) is 115 Å². The summed E-state index contributed by atoms with van der Waals surface area (Å²) in [6.07, 6.45) is 13.3. The topological polar surface area (TPSA) is 513 Å². The Morgan fingerprint density at radius 2 is 1.04 bits per heavy atom. The lowest BCUT2D eigenvalue weighted by Crippen LogP contribution is -2.24. The van der Waals surface area contributed by atoms with Gasteiger partial charge in [-0.15, -0.1) is 6.42 Å². The van der Waals surface area contributed by atoms with Gasteiger partial charge in [-0.2, -0.15) is 53.7 Å². The van der Waals surface area contributed by atoms with Gasteiger partial charge >= 0.3 is 37.1 Å². The molecule has 1 aromatic carbocycles. The van der Waals surface area contributed by atoms with Crippen LogP contribution < -0.4 is 31.4 Å². The molecule has 562 valence electrons. The Labute approximate surface area is 604 Å². The van der Waals surface area contributed by atoms with Crippen LogP contribution in [0.1, 0.15) is 126 Å². The number of alkyl halides is 3. The number of hydrogen-bond donors (Lipinski definition) is 9. The molecule has 12 rings (SSSR count). The van der Waals surface area contributed by atoms with Gasteiger partial charge in [0.25, 0.3) is 0 Å². The predicted molar refractivity (Wildman–Crippen MR) is 368 cm³/mol. The highest BCUT2D eigenvalue weighted by Crippen LogP contribution is 2.35. The highest BCUT2D eigenvalue weighted by Gasteiger charge is 2.39. The smallest absolute Gasteiger partial charge is 0.449 e. The standard InChI is InChI=1S/C24H26N6O5S.C21H25N7O5S.C20H21F3N6O6S/c1-3-16-5-4-6-17(8-16)12-30-15(2)7-21(29-30)23(32)20-11-26-14-27-24(20)28-19-9-18(22(31)10-19)13-35-36(25,33)34;1-13-2-4-24-16(6-13)10-28-5-3-18(27-28)20(30)17-9-23-12-25-21(17)26-15-7-14(19(29)8-15)11-33-34(22,31)32;21-20(22,23)17-2-1-13(35-17)8-29-4-3-15(28-29)18(31)14-7-25-10-26-19(14)27-12-5-11(16(30)6-12)9-34-36(24,32)33/h1,4-8,11,14,18-19,22,31H,9-10,12-13H2,2H3,(H2,25,33,34)(H,26,27,28);2-6,9,12,14-15,19,29H,7-8,10-11H2,1H3,(H2,22,31,32)(H,23,25,26);1-4,7,10-12,16,30H,5-6,8-9H2,(H2,24,32,33)(H,25,26,27)/t18-,19-,22+;14-,15-,19+;11-,12-,16+/m111/s1. The number of carbonyl (C=O) groups excluding carboxylic acids is 3. The number of ketones is 3. The number of nitrogens with zero attached hydrogens (tertiary/aromatic N) is 13. The summed E-state index contributed by atoms with van der Waals surface area (Å²) in [5.74, 6) is -0.352. The van der Waals surface area contributed by atoms with Crippen molar-refractivity contribution in [1.29, 1.82) is 0 Å². The van der Waals surface area contributed by atoms with E-state index in [2.05, 4.69) is 84.6 Å². The number of benzene rings is 1. The minimum atomic E-state index is -4.61. The van der Waals surface area contributed by atoms with Gasteiger partial charge in [0.15, 0.2) is 0 Å². The van der Waals surface area contributed by atoms with Crippen molar-refractivity contribution in [2.75, 3.05) is 35.8 Å². The highest BCUT2D eigenvalue weighted by molar-refractivity contribution is 7.84. The zero-order valence-electron chi connectivity index (χ0n) is 56.4. The number of halogens is 3. The van der Waals surface area contributed by atoms with Crippen LogP contribution in [0.4, 0.5) is 30.6 Å². The van der Waals surface area contributed by atoms with Crippen molar-refractivity contribution in [1.82, 2.24) is 64.2 Å². The van der Waals surface area contributed by atoms with Gasteiger partial charge < -0.3 is 35.7 Å². The molecule has 41 heteroatoms. The summed E-state index contributed by atoms with van der Waals surface area (Å²) in [5.41, 5.74) is 5.46. The van der Waals surface area contributed by atoms with Gasteiger partial charge in [0.1, 0.15) is 59.3 Å². The Morgan fingerprint density at radius 3 is 1.46 bits per heavy atom. The summed E-state index contributed by atoms with van der Waals surface area (Å²) in [5, 5.41) is 67.7. The fourth-order valence-corrected chi connectivity index (χ4v) is 13.1. The first-order valence-electron chi connectivity index (χ1n) is 32.3. The average Bonchev–Trinajstić information content (AvgIpc) is 1.65. The number of aliphatic hydroxyl groups excluding tert-OH is 3. The van der Waals surface area contributed by atoms with Crippen LogP contribution in [0.25, 0.3) is 0 Å². The van der Waals surface area contributed by atoms with Crippen molar-refractivity contribution >= 4 is 65.7 Å². The first-order valence-corrected chi connectivity index (χ1v) is 36.7. The fourth-order valence-electron chi connectivity index (χ4n) is 12.1. The van der Waals surface area contributed by atoms with Crippen LogP contribution in [0.5, 0.6) is 0 Å². The van der Waals surface area contributed by atoms with Gasteiger partial charge in [0.2, 0.25) is 23.1 Å². The molecule has 3 saturated carbocycles. The molecule has 0 unspecified atom stereocenters. The largest absolute Gasteiger partial charge is 0.455 e. The summed E-state index contributed by atoms with van der Waals surface area (Å²) >= 11 is 0. The van der Waals surface area contributed by atoms with Gasteiger partial charge in [-0.25, -0.2) is 45.3 Å². The molecule has 12 N–H and O–H groups in total. The van der Waals surface area contributed by atoms with E-state index in [-0.39, 0.29) is 108 Å². The first-order chi connectivity index (χ1) is 50.2. The first kappa shape index (κ1) is 78.4. The molecule has 9 atom stereocenters. The molecule has 8 aromatic heterocycles. The Hall–Kier alpha value is -10.2. The van der Waals surface area contributed by atoms with Gasteiger partial charge in [0, 0.05) is 84.3 Å². The molecule has 0 aliphatic heterocycles. The third-order valence-corrected chi connectivity index (χ3v) is 18.5. The van der Waals surface area contributed by atoms with E-state index in [1.165, 1.54) is 60.6 Å². The number of pyridine rings is 1. The Morgan fingerprint density at radius 1 is 0.585 bits per heavy atom. The number of carbonyl (C=O) groups is 3. The van der Waals surface area contributed by atoms with E-state index in [0.717, 1.165) is 34.1 Å². The molecule has 3 aliphatic rings. The Bertz CT molecular complexity index is 5020. The Balaban J connectivity index is 0.000000170. The number of aromatic nitrogens is 13. The minimum absolute atomic E-state index is 0.00124. The van der Waals surface area contributed by atoms with Crippen molar-refractivity contribution < 1.29 is 85.1 Å². The van der Waals surface area contributed by atoms with E-state index in [1.54, 1.807) is 33.9 Å². The second kappa shape index (κ2) is 33.9. The summed E-state index contributed by atoms with van der Waals surface area (Å²) < 4.78 is 128. The zero-order valence-corrected chi connectivity index (χ0v) is 58.8. The SMILES string of the molecule is C#Cc1cccc(Cn2nc(C(=O)c3cncnc3N[C@@H]3C[C@H](COS(N)(=O)=O)[C@@H](O)C3)cc2C)c1.Cc1ccnc(Cn2ccc(C(=O)c3cncnc3N[C@@H]3C[C@H](COS(N)(=O)=O)[C@@H](O)C3)n2)c1.NS(=O)(=O)OC[C@H]1C[C@@H](Nc2ncncc2C(=O)c2ccn(Cc3ccc(C(F)(F)F)o3)n2)C[C@@H]1O. The second-order valence-electron chi connectivity index (χ2n) is 25.2. The predicted octanol–water partition coefficient (Wildman–Crippen LogP) is 2.78. The molecular formula is C65H72F3N19O16S3. The number of nitrogens with two attached hydrogens (primary N) is 3. The van der Waals surface area contributed by atoms with E-state index in [4.69, 9.17) is 26.3 Å². The summed E-state index contributed by atoms with van der Waals surface area (Å²) in [6.45, 7) is 3.86. The molecule has 8 heterocycles. The molecule has 106 heavy (non-hydrogen) atoms. The number of furan rings is 1. The van der Waals surface area contributed by atoms with Crippen LogP contribution in [0.2, 0.25) is 0 Å². The van der Waals surface area contributed by atoms with Crippen LogP contribution in [0.15, 0.2) is 127 Å². The van der Waals surface area contributed by atoms with E-state index < -0.39 is 84.7 Å². The number of aliphatic hydroxyl groups is 3. The van der Waals surface area contributed by atoms with E-state index in [1.807, 2.05) is 50.2 Å². The minimum Gasteiger partial charge on any atom is -0.455 e. The second-order valence-corrected chi connectivity index (χ2v) is 28.8. The van der Waals surface area contributed by atoms with E-state index in [0.29, 0.717) is 56.8 Å². The number of nitrogens with one attached hydrogen (secondary N) is 3. The van der Waals surface area contributed by atoms with Gasteiger partial charge in [-0.3, -0.25) is 46.0 Å². The van der Waals surface area contributed by atoms with E-state index in [9.17, 15) is 68.1 Å². The van der Waals surface area contributed by atoms with Crippen LogP contribution >= 0.6 is 0 Å². The molecule has 0 bridgehead atoms. The molecule has 35 nitrogen and oxygen atoms in total. The third kappa shape index (κ3) is 21.9. The van der Waals surface area contributed by atoms with Crippen LogP contribution in [0, 0.1) is 43.9 Å². The summed E-state index contributed by atoms with van der Waals surface area (Å²) in [7, 11) is -12.3. The van der Waals surface area contributed by atoms with Crippen molar-refractivity contribution in [3.63, 3.8) is 0 Å². The lowest BCUT2D eigenvalue weighted by Gasteiger charge is -2.15. The molecule has 0 spiro atoms. The molecule has 9 aromatic rings. The number of terminal acetylenes is 1. The molecule has 0 amide bonds. The quantitative estimate of drug-likeness (QED) is 0.0264. The third-order valence-electron chi connectivity index (χ3n) is 17.1. The monoisotopic (exact) mass is 1530 g/mol. The fraction of sp³-hybridized carbons (Fsp3) is 0.369. The number of hydrogen-bond acceptors (Lipinski definition) is 29. The maximum absolute atomic E-state index is 13.3. The van der Waals surface area contributed by atoms with Crippen LogP contribution in [0.3, 0.4) is 0 Å². The molecular weight excluding hydrogens is 1460 g/mol. The van der Waals surface area contributed by atoms with Gasteiger partial charge in [-0.1, -0.05) is 18.1 Å². The maximum atomic E-state index is 13.3. The molecule has 3 fully saturated rings. The number of rotatable bonds is 27. The van der Waals surface area contributed by atoms with Crippen molar-refractivity contribution in [2.24, 2.45) is 33.2 Å². The van der Waals surface area contributed by atoms with Crippen LogP contribution in [-0.2, 0) is 69.3 Å². The Kier molecular flexibility index (Phi) is 25.1. The molecule has 3 aliphatic carbocycles. The maximum Gasteiger partial charge on any atom is 0.449 e. The number of aryl methyl sites for hydroxylation is 2. The van der Waals surface area contributed by atoms with E-state index >= 15 is 0 Å². The summed E-state index contributed by atoms with van der Waals surface area (Å²) in [6, 6.07) is 17.2. The summed E-state index contributed by atoms with van der Waals surface area (Å²) in [4.78, 5) is 68.2. The lowest BCUT2D eigenvalue weighted by atomic mass is 10.1. The van der Waals surface area contributed by atoms with Crippen molar-refractivity contribution in [3.8, 4) is 12.3 Å². The zero-order chi connectivity index (χ0) is 76.3. The van der Waals surface area contributed by atoms with Crippen molar-refractivity contribution in [3.05, 3.63) is 196 Å².